The van der Waals surface area contributed by atoms with E-state index in [4.69, 9.17) is 13.9 Å². The van der Waals surface area contributed by atoms with Crippen molar-refractivity contribution < 1.29 is 18.7 Å². The Labute approximate surface area is 207 Å². The van der Waals surface area contributed by atoms with Gasteiger partial charge in [0, 0.05) is 17.4 Å². The lowest BCUT2D eigenvalue weighted by molar-refractivity contribution is 0.262. The second kappa shape index (κ2) is 10.1. The Morgan fingerprint density at radius 3 is 2.64 bits per heavy atom. The molecule has 0 atom stereocenters. The average Bonchev–Trinajstić information content (AvgIpc) is 3.31. The van der Waals surface area contributed by atoms with Gasteiger partial charge in [-0.2, -0.15) is 10.2 Å². The van der Waals surface area contributed by atoms with Gasteiger partial charge in [0.05, 0.1) is 24.6 Å². The number of hydrogen-bond acceptors (Lipinski definition) is 7. The standard InChI is InChI=1S/C27H23N5O4/c1-17-9-10-23-25(13-17)36-26(30-23)22-11-12-35-16-24(22)32-31-20-7-3-5-18(14-20)28-27(33)29-19-6-4-8-21(15-19)34-2/h3-15H,16H2,1-2H3,(H2,28,29,33). The van der Waals surface area contributed by atoms with E-state index in [2.05, 4.69) is 25.8 Å². The lowest BCUT2D eigenvalue weighted by Gasteiger charge is -2.10. The fraction of sp³-hybridized carbons (Fsp3) is 0.111. The number of azo groups is 1. The summed E-state index contributed by atoms with van der Waals surface area (Å²) in [6, 6.07) is 19.6. The van der Waals surface area contributed by atoms with E-state index in [1.54, 1.807) is 68.0 Å². The third-order valence-corrected chi connectivity index (χ3v) is 5.35. The first kappa shape index (κ1) is 22.9. The van der Waals surface area contributed by atoms with Gasteiger partial charge >= 0.3 is 6.03 Å². The van der Waals surface area contributed by atoms with E-state index >= 15 is 0 Å². The summed E-state index contributed by atoms with van der Waals surface area (Å²) in [7, 11) is 1.57. The van der Waals surface area contributed by atoms with Crippen LogP contribution in [-0.4, -0.2) is 24.7 Å². The molecule has 0 saturated carbocycles. The van der Waals surface area contributed by atoms with Gasteiger partial charge in [-0.25, -0.2) is 9.78 Å². The topological polar surface area (TPSA) is 110 Å². The molecule has 0 radical (unpaired) electrons. The lowest BCUT2D eigenvalue weighted by Crippen LogP contribution is -2.19. The number of fused-ring (bicyclic) bond motifs is 1. The molecule has 0 bridgehead atoms. The summed E-state index contributed by atoms with van der Waals surface area (Å²) in [6.07, 6.45) is 3.34. The number of urea groups is 1. The molecular formula is C27H23N5O4. The van der Waals surface area contributed by atoms with Crippen LogP contribution in [0.1, 0.15) is 11.5 Å². The molecule has 0 aliphatic carbocycles. The van der Waals surface area contributed by atoms with Crippen LogP contribution in [0.5, 0.6) is 5.75 Å². The number of aryl methyl sites for hydroxylation is 1. The number of amides is 2. The number of benzene rings is 3. The average molecular weight is 482 g/mol. The molecule has 36 heavy (non-hydrogen) atoms. The zero-order valence-corrected chi connectivity index (χ0v) is 19.7. The Balaban J connectivity index is 1.33. The number of aromatic nitrogens is 1. The molecule has 1 aromatic heterocycles. The van der Waals surface area contributed by atoms with Crippen LogP contribution in [0.3, 0.4) is 0 Å². The SMILES string of the molecule is COc1cccc(NC(=O)Nc2cccc(N=NC3=C(c4nc5ccc(C)cc5o4)C=COC3)c2)c1. The summed E-state index contributed by atoms with van der Waals surface area (Å²) in [6.45, 7) is 2.23. The molecule has 9 heteroatoms. The Hall–Kier alpha value is -4.92. The van der Waals surface area contributed by atoms with Crippen molar-refractivity contribution in [3.63, 3.8) is 0 Å². The number of ether oxygens (including phenoxy) is 2. The third kappa shape index (κ3) is 5.25. The van der Waals surface area contributed by atoms with E-state index in [-0.39, 0.29) is 12.6 Å². The van der Waals surface area contributed by atoms with Gasteiger partial charge in [0.25, 0.3) is 0 Å². The van der Waals surface area contributed by atoms with Crippen LogP contribution in [0.15, 0.2) is 99.4 Å². The van der Waals surface area contributed by atoms with Crippen LogP contribution in [0.25, 0.3) is 16.7 Å². The van der Waals surface area contributed by atoms with Crippen molar-refractivity contribution in [3.05, 3.63) is 96.2 Å². The molecule has 4 aromatic rings. The Bertz CT molecular complexity index is 1520. The molecule has 1 aliphatic heterocycles. The van der Waals surface area contributed by atoms with E-state index in [1.165, 1.54) is 0 Å². The van der Waals surface area contributed by atoms with Crippen molar-refractivity contribution in [1.82, 2.24) is 4.98 Å². The molecule has 0 spiro atoms. The molecule has 2 heterocycles. The second-order valence-corrected chi connectivity index (χ2v) is 8.03. The van der Waals surface area contributed by atoms with Gasteiger partial charge in [-0.3, -0.25) is 0 Å². The van der Waals surface area contributed by atoms with Crippen LogP contribution in [0.4, 0.5) is 21.9 Å². The maximum absolute atomic E-state index is 12.4. The minimum atomic E-state index is -0.389. The summed E-state index contributed by atoms with van der Waals surface area (Å²) in [4.78, 5) is 17.0. The van der Waals surface area contributed by atoms with E-state index in [1.807, 2.05) is 25.1 Å². The summed E-state index contributed by atoms with van der Waals surface area (Å²) < 4.78 is 16.6. The van der Waals surface area contributed by atoms with Crippen molar-refractivity contribution in [1.29, 1.82) is 0 Å². The van der Waals surface area contributed by atoms with Gasteiger partial charge in [-0.05, 0) is 61.0 Å². The fourth-order valence-corrected chi connectivity index (χ4v) is 3.60. The van der Waals surface area contributed by atoms with Gasteiger partial charge in [0.2, 0.25) is 5.89 Å². The molecule has 0 unspecified atom stereocenters. The number of carbonyl (C=O) groups excluding carboxylic acids is 1. The fourth-order valence-electron chi connectivity index (χ4n) is 3.60. The monoisotopic (exact) mass is 481 g/mol. The molecule has 5 rings (SSSR count). The number of oxazole rings is 1. The normalized spacial score (nSPS) is 13.2. The summed E-state index contributed by atoms with van der Waals surface area (Å²) >= 11 is 0. The van der Waals surface area contributed by atoms with Gasteiger partial charge < -0.3 is 24.5 Å². The predicted molar refractivity (Wildman–Crippen MR) is 137 cm³/mol. The minimum Gasteiger partial charge on any atom is -0.497 e. The number of anilines is 2. The van der Waals surface area contributed by atoms with Crippen LogP contribution in [0, 0.1) is 6.92 Å². The lowest BCUT2D eigenvalue weighted by atomic mass is 10.2. The number of nitrogens with zero attached hydrogens (tertiary/aromatic N) is 3. The Morgan fingerprint density at radius 1 is 1.00 bits per heavy atom. The van der Waals surface area contributed by atoms with Gasteiger partial charge in [0.15, 0.2) is 5.58 Å². The summed E-state index contributed by atoms with van der Waals surface area (Å²) in [5, 5.41) is 14.3. The third-order valence-electron chi connectivity index (χ3n) is 5.35. The Kier molecular flexibility index (Phi) is 6.44. The van der Waals surface area contributed by atoms with Gasteiger partial charge in [-0.15, -0.1) is 0 Å². The molecule has 180 valence electrons. The highest BCUT2D eigenvalue weighted by atomic mass is 16.5. The molecule has 2 N–H and O–H groups in total. The minimum absolute atomic E-state index is 0.230. The quantitative estimate of drug-likeness (QED) is 0.293. The van der Waals surface area contributed by atoms with Crippen molar-refractivity contribution in [2.75, 3.05) is 24.4 Å². The molecule has 0 saturated heterocycles. The number of rotatable bonds is 6. The van der Waals surface area contributed by atoms with E-state index in [9.17, 15) is 4.79 Å². The first-order chi connectivity index (χ1) is 17.6. The number of nitrogens with one attached hydrogen (secondary N) is 2. The summed E-state index contributed by atoms with van der Waals surface area (Å²) in [5.41, 5.74) is 5.58. The van der Waals surface area contributed by atoms with Crippen LogP contribution < -0.4 is 15.4 Å². The van der Waals surface area contributed by atoms with E-state index in [0.717, 1.165) is 11.1 Å². The highest BCUT2D eigenvalue weighted by molar-refractivity contribution is 6.00. The molecule has 1 aliphatic rings. The van der Waals surface area contributed by atoms with E-state index in [0.29, 0.717) is 45.6 Å². The van der Waals surface area contributed by atoms with E-state index < -0.39 is 0 Å². The predicted octanol–water partition coefficient (Wildman–Crippen LogP) is 6.83. The largest absolute Gasteiger partial charge is 0.497 e. The Morgan fingerprint density at radius 2 is 1.81 bits per heavy atom. The van der Waals surface area contributed by atoms with Crippen LogP contribution >= 0.6 is 0 Å². The highest BCUT2D eigenvalue weighted by Crippen LogP contribution is 2.29. The zero-order valence-electron chi connectivity index (χ0n) is 19.7. The zero-order chi connectivity index (χ0) is 24.9. The van der Waals surface area contributed by atoms with Crippen molar-refractivity contribution in [2.24, 2.45) is 10.2 Å². The maximum Gasteiger partial charge on any atom is 0.323 e. The first-order valence-electron chi connectivity index (χ1n) is 11.2. The molecule has 0 fully saturated rings. The number of carbonyl (C=O) groups is 1. The number of allylic oxidation sites excluding steroid dienone is 2. The summed E-state index contributed by atoms with van der Waals surface area (Å²) in [5.74, 6) is 1.10. The number of methoxy groups -OCH3 is 1. The van der Waals surface area contributed by atoms with Crippen LogP contribution in [-0.2, 0) is 4.74 Å². The van der Waals surface area contributed by atoms with Crippen molar-refractivity contribution >= 4 is 39.8 Å². The number of hydrogen-bond donors (Lipinski definition) is 2. The maximum atomic E-state index is 12.4. The van der Waals surface area contributed by atoms with Crippen molar-refractivity contribution in [2.45, 2.75) is 6.92 Å². The smallest absolute Gasteiger partial charge is 0.323 e. The molecular weight excluding hydrogens is 458 g/mol. The highest BCUT2D eigenvalue weighted by Gasteiger charge is 2.17. The molecule has 9 nitrogen and oxygen atoms in total. The van der Waals surface area contributed by atoms with Gasteiger partial charge in [0.1, 0.15) is 23.6 Å². The van der Waals surface area contributed by atoms with Gasteiger partial charge in [-0.1, -0.05) is 18.2 Å². The van der Waals surface area contributed by atoms with Crippen molar-refractivity contribution in [3.8, 4) is 5.75 Å². The molecule has 2 amide bonds. The molecule has 3 aromatic carbocycles. The first-order valence-corrected chi connectivity index (χ1v) is 11.2. The van der Waals surface area contributed by atoms with Crippen LogP contribution in [0.2, 0.25) is 0 Å². The second-order valence-electron chi connectivity index (χ2n) is 8.03.